The minimum absolute atomic E-state index is 0.00727. The van der Waals surface area contributed by atoms with Crippen LogP contribution < -0.4 is 4.90 Å². The first-order chi connectivity index (χ1) is 14.5. The predicted molar refractivity (Wildman–Crippen MR) is 123 cm³/mol. The van der Waals surface area contributed by atoms with Gasteiger partial charge >= 0.3 is 0 Å². The maximum absolute atomic E-state index is 12.5. The molecule has 1 aliphatic rings. The van der Waals surface area contributed by atoms with Crippen LogP contribution in [0.25, 0.3) is 10.9 Å². The average molecular weight is 419 g/mol. The van der Waals surface area contributed by atoms with Gasteiger partial charge in [0.05, 0.1) is 0 Å². The third kappa shape index (κ3) is 4.34. The van der Waals surface area contributed by atoms with Gasteiger partial charge in [-0.1, -0.05) is 29.8 Å². The van der Waals surface area contributed by atoms with Crippen LogP contribution in [0.1, 0.15) is 28.0 Å². The SMILES string of the molecule is Cc1cc2cc(Cl)ccc2[nH]1.O=C(c1ccc(O)cc1)N1CCCc2ccccc21. The van der Waals surface area contributed by atoms with Gasteiger partial charge in [0.15, 0.2) is 0 Å². The number of rotatable bonds is 1. The summed E-state index contributed by atoms with van der Waals surface area (Å²) >= 11 is 5.81. The van der Waals surface area contributed by atoms with Crippen molar-refractivity contribution < 1.29 is 9.90 Å². The molecule has 0 unspecified atom stereocenters. The highest BCUT2D eigenvalue weighted by Crippen LogP contribution is 2.28. The van der Waals surface area contributed by atoms with Crippen LogP contribution in [0.4, 0.5) is 5.69 Å². The topological polar surface area (TPSA) is 56.3 Å². The first kappa shape index (κ1) is 20.0. The fourth-order valence-corrected chi connectivity index (χ4v) is 3.93. The average Bonchev–Trinajstić information content (AvgIpc) is 3.13. The van der Waals surface area contributed by atoms with Crippen LogP contribution in [0.5, 0.6) is 5.75 Å². The van der Waals surface area contributed by atoms with Gasteiger partial charge in [-0.05, 0) is 79.9 Å². The molecule has 0 bridgehead atoms. The molecule has 4 aromatic rings. The van der Waals surface area contributed by atoms with Crippen LogP contribution in [0.2, 0.25) is 5.02 Å². The zero-order valence-electron chi connectivity index (χ0n) is 16.7. The van der Waals surface area contributed by atoms with E-state index in [0.29, 0.717) is 5.56 Å². The first-order valence-corrected chi connectivity index (χ1v) is 10.3. The lowest BCUT2D eigenvalue weighted by atomic mass is 10.0. The van der Waals surface area contributed by atoms with Gasteiger partial charge in [-0.2, -0.15) is 0 Å². The summed E-state index contributed by atoms with van der Waals surface area (Å²) in [7, 11) is 0. The third-order valence-electron chi connectivity index (χ3n) is 5.19. The number of aromatic nitrogens is 1. The molecule has 0 saturated carbocycles. The number of aromatic hydroxyl groups is 1. The Labute approximate surface area is 180 Å². The summed E-state index contributed by atoms with van der Waals surface area (Å²) in [6, 6.07) is 22.4. The lowest BCUT2D eigenvalue weighted by Crippen LogP contribution is -2.35. The van der Waals surface area contributed by atoms with E-state index in [1.54, 1.807) is 24.3 Å². The molecule has 0 spiro atoms. The molecule has 30 heavy (non-hydrogen) atoms. The van der Waals surface area contributed by atoms with Gasteiger partial charge in [0.1, 0.15) is 5.75 Å². The number of carbonyl (C=O) groups is 1. The predicted octanol–water partition coefficient (Wildman–Crippen LogP) is 6.11. The highest BCUT2D eigenvalue weighted by atomic mass is 35.5. The van der Waals surface area contributed by atoms with E-state index in [9.17, 15) is 9.90 Å². The van der Waals surface area contributed by atoms with Crippen molar-refractivity contribution in [3.63, 3.8) is 0 Å². The number of halogens is 1. The Kier molecular flexibility index (Phi) is 5.77. The van der Waals surface area contributed by atoms with Crippen molar-refractivity contribution in [3.05, 3.63) is 94.6 Å². The smallest absolute Gasteiger partial charge is 0.258 e. The number of hydrogen-bond acceptors (Lipinski definition) is 2. The molecule has 1 aromatic heterocycles. The number of benzene rings is 3. The summed E-state index contributed by atoms with van der Waals surface area (Å²) in [6.07, 6.45) is 2.01. The highest BCUT2D eigenvalue weighted by molar-refractivity contribution is 6.31. The van der Waals surface area contributed by atoms with Gasteiger partial charge in [0.2, 0.25) is 0 Å². The molecule has 1 amide bonds. The molecule has 0 aliphatic carbocycles. The molecule has 0 atom stereocenters. The Morgan fingerprint density at radius 1 is 1.03 bits per heavy atom. The summed E-state index contributed by atoms with van der Waals surface area (Å²) in [6.45, 7) is 2.78. The van der Waals surface area contributed by atoms with E-state index in [1.165, 1.54) is 16.6 Å². The number of nitrogens with one attached hydrogen (secondary N) is 1. The number of anilines is 1. The molecule has 0 radical (unpaired) electrons. The number of phenols is 1. The van der Waals surface area contributed by atoms with Crippen molar-refractivity contribution >= 4 is 34.1 Å². The van der Waals surface area contributed by atoms with Gasteiger partial charge in [-0.15, -0.1) is 0 Å². The number of fused-ring (bicyclic) bond motifs is 2. The van der Waals surface area contributed by atoms with Crippen LogP contribution >= 0.6 is 11.6 Å². The van der Waals surface area contributed by atoms with Crippen molar-refractivity contribution in [1.82, 2.24) is 4.98 Å². The first-order valence-electron chi connectivity index (χ1n) is 9.95. The third-order valence-corrected chi connectivity index (χ3v) is 5.42. The van der Waals surface area contributed by atoms with Crippen LogP contribution in [0, 0.1) is 6.92 Å². The van der Waals surface area contributed by atoms with Gasteiger partial charge in [-0.3, -0.25) is 4.79 Å². The summed E-state index contributed by atoms with van der Waals surface area (Å²) < 4.78 is 0. The van der Waals surface area contributed by atoms with E-state index < -0.39 is 0 Å². The molecule has 3 aromatic carbocycles. The Hall–Kier alpha value is -3.24. The molecule has 2 N–H and O–H groups in total. The number of carbonyl (C=O) groups excluding carboxylic acids is 1. The number of para-hydroxylation sites is 1. The van der Waals surface area contributed by atoms with E-state index in [4.69, 9.17) is 11.6 Å². The molecule has 2 heterocycles. The van der Waals surface area contributed by atoms with Crippen LogP contribution in [-0.4, -0.2) is 22.5 Å². The molecule has 4 nitrogen and oxygen atoms in total. The molecule has 1 aliphatic heterocycles. The normalized spacial score (nSPS) is 12.8. The minimum Gasteiger partial charge on any atom is -0.508 e. The molecular weight excluding hydrogens is 396 g/mol. The van der Waals surface area contributed by atoms with E-state index in [2.05, 4.69) is 17.1 Å². The second-order valence-electron chi connectivity index (χ2n) is 7.42. The van der Waals surface area contributed by atoms with Crippen molar-refractivity contribution in [2.45, 2.75) is 19.8 Å². The monoisotopic (exact) mass is 418 g/mol. The molecular formula is C25H23ClN2O2. The minimum atomic E-state index is -0.00727. The number of nitrogens with zero attached hydrogens (tertiary/aromatic N) is 1. The van der Waals surface area contributed by atoms with E-state index in [1.807, 2.05) is 48.2 Å². The second kappa shape index (κ2) is 8.64. The zero-order valence-corrected chi connectivity index (χ0v) is 17.5. The molecule has 152 valence electrons. The van der Waals surface area contributed by atoms with E-state index in [0.717, 1.165) is 35.6 Å². The summed E-state index contributed by atoms with van der Waals surface area (Å²) in [5, 5.41) is 11.2. The van der Waals surface area contributed by atoms with Gasteiger partial charge in [0.25, 0.3) is 5.91 Å². The number of H-pyrrole nitrogens is 1. The number of aromatic amines is 1. The van der Waals surface area contributed by atoms with Crippen molar-refractivity contribution in [2.75, 3.05) is 11.4 Å². The van der Waals surface area contributed by atoms with Gasteiger partial charge < -0.3 is 15.0 Å². The van der Waals surface area contributed by atoms with Gasteiger partial charge in [0, 0.05) is 39.4 Å². The lowest BCUT2D eigenvalue weighted by molar-refractivity contribution is 0.0985. The van der Waals surface area contributed by atoms with Crippen LogP contribution in [0.3, 0.4) is 0 Å². The summed E-state index contributed by atoms with van der Waals surface area (Å²) in [5.74, 6) is 0.169. The lowest BCUT2D eigenvalue weighted by Gasteiger charge is -2.29. The van der Waals surface area contributed by atoms with Crippen LogP contribution in [-0.2, 0) is 6.42 Å². The van der Waals surface area contributed by atoms with E-state index in [-0.39, 0.29) is 11.7 Å². The number of hydrogen-bond donors (Lipinski definition) is 2. The molecule has 0 saturated heterocycles. The van der Waals surface area contributed by atoms with E-state index >= 15 is 0 Å². The molecule has 0 fully saturated rings. The summed E-state index contributed by atoms with van der Waals surface area (Å²) in [5.41, 5.74) is 5.15. The van der Waals surface area contributed by atoms with Gasteiger partial charge in [-0.25, -0.2) is 0 Å². The summed E-state index contributed by atoms with van der Waals surface area (Å²) in [4.78, 5) is 17.6. The van der Waals surface area contributed by atoms with Crippen molar-refractivity contribution in [1.29, 1.82) is 0 Å². The Morgan fingerprint density at radius 2 is 1.80 bits per heavy atom. The number of phenolic OH excluding ortho intramolecular Hbond substituents is 1. The number of aryl methyl sites for hydroxylation is 2. The highest BCUT2D eigenvalue weighted by Gasteiger charge is 2.22. The standard InChI is InChI=1S/C16H15NO2.C9H8ClN/c18-14-9-7-13(8-10-14)16(19)17-11-3-5-12-4-1-2-6-15(12)17;1-6-4-7-5-8(10)2-3-9(7)11-6/h1-2,4,6-10,18H,3,5,11H2;2-5,11H,1H3. The Bertz CT molecular complexity index is 1180. The largest absolute Gasteiger partial charge is 0.508 e. The molecule has 5 heteroatoms. The number of amides is 1. The fourth-order valence-electron chi connectivity index (χ4n) is 3.75. The fraction of sp³-hybridized carbons (Fsp3) is 0.160. The molecule has 5 rings (SSSR count). The van der Waals surface area contributed by atoms with Crippen molar-refractivity contribution in [3.8, 4) is 5.75 Å². The zero-order chi connectivity index (χ0) is 21.1. The Morgan fingerprint density at radius 3 is 2.60 bits per heavy atom. The quantitative estimate of drug-likeness (QED) is 0.391. The maximum atomic E-state index is 12.5. The maximum Gasteiger partial charge on any atom is 0.258 e. The van der Waals surface area contributed by atoms with Crippen LogP contribution in [0.15, 0.2) is 72.8 Å². The Balaban J connectivity index is 0.000000168. The van der Waals surface area contributed by atoms with Crippen molar-refractivity contribution in [2.24, 2.45) is 0 Å². The second-order valence-corrected chi connectivity index (χ2v) is 7.86.